The van der Waals surface area contributed by atoms with E-state index in [0.717, 1.165) is 10.1 Å². The number of ether oxygens (including phenoxy) is 1. The minimum Gasteiger partial charge on any atom is -0.497 e. The molecule has 7 nitrogen and oxygen atoms in total. The molecule has 0 spiro atoms. The number of fused-ring (bicyclic) bond motifs is 1. The van der Waals surface area contributed by atoms with Crippen molar-refractivity contribution >= 4 is 34.1 Å². The van der Waals surface area contributed by atoms with Crippen molar-refractivity contribution in [3.63, 3.8) is 0 Å². The van der Waals surface area contributed by atoms with Crippen LogP contribution in [0.3, 0.4) is 0 Å². The zero-order valence-corrected chi connectivity index (χ0v) is 19.8. The van der Waals surface area contributed by atoms with Gasteiger partial charge in [-0.1, -0.05) is 36.7 Å². The number of para-hydroxylation sites is 1. The standard InChI is InChI=1S/C26H24ClN3O4/c1-4-22(24(31)28-17-10-13-19(34-3)14-11-17)30-23-8-6-5-7-20(23)25(32)29(26(30)33)18-12-9-16(2)21(27)15-18/h5-15,22H,4H2,1-3H3,(H,28,31). The predicted molar refractivity (Wildman–Crippen MR) is 135 cm³/mol. The highest BCUT2D eigenvalue weighted by Gasteiger charge is 2.25. The number of nitrogens with one attached hydrogen (secondary N) is 1. The molecular weight excluding hydrogens is 454 g/mol. The molecular formula is C26H24ClN3O4. The lowest BCUT2D eigenvalue weighted by Crippen LogP contribution is -2.43. The van der Waals surface area contributed by atoms with Crippen molar-refractivity contribution in [3.8, 4) is 11.4 Å². The van der Waals surface area contributed by atoms with Crippen LogP contribution in [0.2, 0.25) is 5.02 Å². The maximum Gasteiger partial charge on any atom is 0.336 e. The quantitative estimate of drug-likeness (QED) is 0.436. The first-order valence-electron chi connectivity index (χ1n) is 10.8. The van der Waals surface area contributed by atoms with E-state index in [1.165, 1.54) is 4.57 Å². The Morgan fingerprint density at radius 1 is 1.06 bits per heavy atom. The number of anilines is 1. The molecule has 174 valence electrons. The van der Waals surface area contributed by atoms with Gasteiger partial charge in [-0.25, -0.2) is 9.36 Å². The minimum absolute atomic E-state index is 0.328. The Morgan fingerprint density at radius 2 is 1.76 bits per heavy atom. The summed E-state index contributed by atoms with van der Waals surface area (Å²) in [7, 11) is 1.56. The first-order valence-corrected chi connectivity index (χ1v) is 11.2. The zero-order chi connectivity index (χ0) is 24.4. The van der Waals surface area contributed by atoms with Gasteiger partial charge in [-0.15, -0.1) is 0 Å². The number of carbonyl (C=O) groups excluding carboxylic acids is 1. The van der Waals surface area contributed by atoms with Crippen LogP contribution in [0.1, 0.15) is 24.9 Å². The van der Waals surface area contributed by atoms with Crippen molar-refractivity contribution in [1.29, 1.82) is 0 Å². The lowest BCUT2D eigenvalue weighted by atomic mass is 10.1. The third kappa shape index (κ3) is 4.22. The van der Waals surface area contributed by atoms with Crippen LogP contribution < -0.4 is 21.3 Å². The molecule has 0 aliphatic heterocycles. The van der Waals surface area contributed by atoms with Gasteiger partial charge in [0.1, 0.15) is 11.8 Å². The van der Waals surface area contributed by atoms with Crippen molar-refractivity contribution in [2.24, 2.45) is 0 Å². The van der Waals surface area contributed by atoms with E-state index in [2.05, 4.69) is 5.32 Å². The minimum atomic E-state index is -0.854. The van der Waals surface area contributed by atoms with E-state index < -0.39 is 17.3 Å². The van der Waals surface area contributed by atoms with E-state index in [4.69, 9.17) is 16.3 Å². The number of hydrogen-bond donors (Lipinski definition) is 1. The maximum atomic E-state index is 13.7. The number of rotatable bonds is 6. The van der Waals surface area contributed by atoms with Crippen LogP contribution in [0.25, 0.3) is 16.6 Å². The normalized spacial score (nSPS) is 11.9. The van der Waals surface area contributed by atoms with Crippen LogP contribution in [-0.4, -0.2) is 22.2 Å². The van der Waals surface area contributed by atoms with Crippen LogP contribution in [0, 0.1) is 6.92 Å². The second kappa shape index (κ2) is 9.57. The van der Waals surface area contributed by atoms with Crippen LogP contribution in [-0.2, 0) is 4.79 Å². The Bertz CT molecular complexity index is 1490. The van der Waals surface area contributed by atoms with Crippen LogP contribution in [0.4, 0.5) is 5.69 Å². The van der Waals surface area contributed by atoms with Crippen LogP contribution in [0.5, 0.6) is 5.75 Å². The van der Waals surface area contributed by atoms with Crippen molar-refractivity contribution in [2.45, 2.75) is 26.3 Å². The molecule has 0 fully saturated rings. The molecule has 1 N–H and O–H groups in total. The molecule has 0 radical (unpaired) electrons. The highest BCUT2D eigenvalue weighted by Crippen LogP contribution is 2.22. The number of hydrogen-bond acceptors (Lipinski definition) is 4. The van der Waals surface area contributed by atoms with Gasteiger partial charge < -0.3 is 10.1 Å². The topological polar surface area (TPSA) is 82.3 Å². The van der Waals surface area contributed by atoms with Gasteiger partial charge in [-0.3, -0.25) is 14.2 Å². The molecule has 1 amide bonds. The van der Waals surface area contributed by atoms with E-state index in [1.807, 2.05) is 13.8 Å². The van der Waals surface area contributed by atoms with Gasteiger partial charge in [0.25, 0.3) is 5.56 Å². The van der Waals surface area contributed by atoms with Gasteiger partial charge in [-0.2, -0.15) is 0 Å². The molecule has 0 aliphatic rings. The third-order valence-electron chi connectivity index (χ3n) is 5.77. The Morgan fingerprint density at radius 3 is 2.41 bits per heavy atom. The predicted octanol–water partition coefficient (Wildman–Crippen LogP) is 4.71. The van der Waals surface area contributed by atoms with E-state index >= 15 is 0 Å². The summed E-state index contributed by atoms with van der Waals surface area (Å²) < 4.78 is 7.60. The van der Waals surface area contributed by atoms with Gasteiger partial charge in [0.15, 0.2) is 0 Å². The zero-order valence-electron chi connectivity index (χ0n) is 19.0. The van der Waals surface area contributed by atoms with Gasteiger partial charge in [0, 0.05) is 10.7 Å². The molecule has 8 heteroatoms. The highest BCUT2D eigenvalue weighted by molar-refractivity contribution is 6.31. The molecule has 0 aliphatic carbocycles. The summed E-state index contributed by atoms with van der Waals surface area (Å²) in [6.07, 6.45) is 0.332. The van der Waals surface area contributed by atoms with Crippen molar-refractivity contribution in [2.75, 3.05) is 12.4 Å². The van der Waals surface area contributed by atoms with Gasteiger partial charge in [0.2, 0.25) is 5.91 Å². The smallest absolute Gasteiger partial charge is 0.336 e. The second-order valence-electron chi connectivity index (χ2n) is 7.89. The van der Waals surface area contributed by atoms with E-state index in [9.17, 15) is 14.4 Å². The number of halogens is 1. The molecule has 34 heavy (non-hydrogen) atoms. The molecule has 0 saturated heterocycles. The van der Waals surface area contributed by atoms with Gasteiger partial charge in [0.05, 0.1) is 23.7 Å². The fourth-order valence-corrected chi connectivity index (χ4v) is 4.09. The van der Waals surface area contributed by atoms with Crippen molar-refractivity contribution in [1.82, 2.24) is 9.13 Å². The van der Waals surface area contributed by atoms with Crippen LogP contribution >= 0.6 is 11.6 Å². The molecule has 1 atom stereocenters. The number of methoxy groups -OCH3 is 1. The van der Waals surface area contributed by atoms with Gasteiger partial charge >= 0.3 is 5.69 Å². The summed E-state index contributed by atoms with van der Waals surface area (Å²) in [6, 6.07) is 17.8. The Labute approximate surface area is 201 Å². The Kier molecular flexibility index (Phi) is 6.56. The number of benzene rings is 3. The Balaban J connectivity index is 1.89. The molecule has 4 aromatic rings. The van der Waals surface area contributed by atoms with Crippen molar-refractivity contribution < 1.29 is 9.53 Å². The molecule has 1 unspecified atom stereocenters. The lowest BCUT2D eigenvalue weighted by Gasteiger charge is -2.22. The third-order valence-corrected chi connectivity index (χ3v) is 6.17. The fraction of sp³-hybridized carbons (Fsp3) is 0.192. The summed E-state index contributed by atoms with van der Waals surface area (Å²) in [5.41, 5.74) is 1.05. The van der Waals surface area contributed by atoms with E-state index in [0.29, 0.717) is 39.5 Å². The number of amides is 1. The summed E-state index contributed by atoms with van der Waals surface area (Å²) in [6.45, 7) is 3.65. The summed E-state index contributed by atoms with van der Waals surface area (Å²) in [4.78, 5) is 40.4. The second-order valence-corrected chi connectivity index (χ2v) is 8.29. The lowest BCUT2D eigenvalue weighted by molar-refractivity contribution is -0.119. The molecule has 0 bridgehead atoms. The fourth-order valence-electron chi connectivity index (χ4n) is 3.92. The summed E-state index contributed by atoms with van der Waals surface area (Å²) in [5.74, 6) is 0.295. The van der Waals surface area contributed by atoms with Crippen molar-refractivity contribution in [3.05, 3.63) is 98.2 Å². The molecule has 1 aromatic heterocycles. The SMILES string of the molecule is CCC(C(=O)Nc1ccc(OC)cc1)n1c(=O)n(-c2ccc(C)c(Cl)c2)c(=O)c2ccccc21. The highest BCUT2D eigenvalue weighted by atomic mass is 35.5. The maximum absolute atomic E-state index is 13.7. The van der Waals surface area contributed by atoms with Gasteiger partial charge in [-0.05, 0) is 67.4 Å². The molecule has 0 saturated carbocycles. The molecule has 4 rings (SSSR count). The number of aryl methyl sites for hydroxylation is 1. The van der Waals surface area contributed by atoms with E-state index in [1.54, 1.807) is 73.8 Å². The number of aromatic nitrogens is 2. The molecule has 1 heterocycles. The monoisotopic (exact) mass is 477 g/mol. The molecule has 3 aromatic carbocycles. The Hall–Kier alpha value is -3.84. The van der Waals surface area contributed by atoms with Crippen LogP contribution in [0.15, 0.2) is 76.3 Å². The average Bonchev–Trinajstić information content (AvgIpc) is 2.84. The van der Waals surface area contributed by atoms with E-state index in [-0.39, 0.29) is 5.91 Å². The average molecular weight is 478 g/mol. The summed E-state index contributed by atoms with van der Waals surface area (Å²) >= 11 is 6.28. The largest absolute Gasteiger partial charge is 0.497 e. The summed E-state index contributed by atoms with van der Waals surface area (Å²) in [5, 5.41) is 3.63. The number of nitrogens with zero attached hydrogens (tertiary/aromatic N) is 2. The first kappa shape index (κ1) is 23.3. The number of carbonyl (C=O) groups is 1. The first-order chi connectivity index (χ1) is 16.3.